The number of anilines is 1. The van der Waals surface area contributed by atoms with Crippen molar-refractivity contribution >= 4 is 5.69 Å². The van der Waals surface area contributed by atoms with Crippen molar-refractivity contribution < 1.29 is 13.5 Å². The van der Waals surface area contributed by atoms with Gasteiger partial charge in [-0.2, -0.15) is 14.0 Å². The highest BCUT2D eigenvalue weighted by Gasteiger charge is 2.18. The largest absolute Gasteiger partial charge is 0.434 e. The fourth-order valence-electron chi connectivity index (χ4n) is 1.99. The Morgan fingerprint density at radius 3 is 2.43 bits per heavy atom. The first-order valence-electron chi connectivity index (χ1n) is 6.37. The van der Waals surface area contributed by atoms with E-state index in [4.69, 9.17) is 0 Å². The van der Waals surface area contributed by atoms with E-state index >= 15 is 0 Å². The Morgan fingerprint density at radius 2 is 1.76 bits per heavy atom. The molecule has 0 aliphatic carbocycles. The van der Waals surface area contributed by atoms with Crippen molar-refractivity contribution in [2.24, 2.45) is 0 Å². The number of hydrogen-bond donors (Lipinski definition) is 1. The summed E-state index contributed by atoms with van der Waals surface area (Å²) in [6.45, 7) is -1.03. The summed E-state index contributed by atoms with van der Waals surface area (Å²) < 4.78 is 29.3. The van der Waals surface area contributed by atoms with Crippen LogP contribution in [-0.4, -0.2) is 6.61 Å². The third-order valence-corrected chi connectivity index (χ3v) is 3.02. The molecule has 21 heavy (non-hydrogen) atoms. The highest BCUT2D eigenvalue weighted by Crippen LogP contribution is 2.29. The van der Waals surface area contributed by atoms with E-state index in [0.717, 1.165) is 11.3 Å². The molecule has 1 N–H and O–H groups in total. The zero-order chi connectivity index (χ0) is 15.2. The molecule has 0 heterocycles. The van der Waals surface area contributed by atoms with Gasteiger partial charge in [0.15, 0.2) is 0 Å². The van der Waals surface area contributed by atoms with Crippen LogP contribution in [0.3, 0.4) is 0 Å². The molecule has 1 atom stereocenters. The molecule has 0 fully saturated rings. The molecule has 3 nitrogen and oxygen atoms in total. The first kappa shape index (κ1) is 14.8. The van der Waals surface area contributed by atoms with Crippen molar-refractivity contribution in [2.75, 3.05) is 5.32 Å². The summed E-state index contributed by atoms with van der Waals surface area (Å²) >= 11 is 0. The lowest BCUT2D eigenvalue weighted by Gasteiger charge is -2.18. The molecule has 0 radical (unpaired) electrons. The molecule has 2 rings (SSSR count). The van der Waals surface area contributed by atoms with Gasteiger partial charge in [0.25, 0.3) is 0 Å². The Hall–Kier alpha value is -2.61. The van der Waals surface area contributed by atoms with Crippen LogP contribution in [0.2, 0.25) is 0 Å². The molecule has 0 saturated carbocycles. The molecule has 2 aromatic carbocycles. The molecule has 5 heteroatoms. The van der Waals surface area contributed by atoms with Gasteiger partial charge in [-0.25, -0.2) is 0 Å². The Balaban J connectivity index is 2.30. The SMILES string of the molecule is Cc1ccccc1NC(C#N)c1ccccc1OC(F)F. The monoisotopic (exact) mass is 288 g/mol. The molecule has 0 aliphatic heterocycles. The molecule has 0 amide bonds. The van der Waals surface area contributed by atoms with E-state index in [-0.39, 0.29) is 5.75 Å². The lowest BCUT2D eigenvalue weighted by molar-refractivity contribution is -0.0504. The van der Waals surface area contributed by atoms with Gasteiger partial charge in [0.05, 0.1) is 6.07 Å². The number of nitrogens with one attached hydrogen (secondary N) is 1. The van der Waals surface area contributed by atoms with Crippen LogP contribution in [0.1, 0.15) is 17.2 Å². The van der Waals surface area contributed by atoms with Gasteiger partial charge in [-0.1, -0.05) is 36.4 Å². The minimum atomic E-state index is -2.93. The van der Waals surface area contributed by atoms with Gasteiger partial charge < -0.3 is 10.1 Å². The lowest BCUT2D eigenvalue weighted by atomic mass is 10.1. The quantitative estimate of drug-likeness (QED) is 0.893. The standard InChI is InChI=1S/C16H14F2N2O/c1-11-6-2-4-8-13(11)20-14(10-19)12-7-3-5-9-15(12)21-16(17)18/h2-9,14,16,20H,1H3. The van der Waals surface area contributed by atoms with Crippen molar-refractivity contribution in [3.05, 3.63) is 59.7 Å². The van der Waals surface area contributed by atoms with Gasteiger partial charge >= 0.3 is 6.61 Å². The second-order valence-electron chi connectivity index (χ2n) is 4.44. The smallest absolute Gasteiger partial charge is 0.387 e. The molecule has 0 aliphatic rings. The minimum Gasteiger partial charge on any atom is -0.434 e. The molecular formula is C16H14F2N2O. The number of aryl methyl sites for hydroxylation is 1. The Morgan fingerprint density at radius 1 is 1.10 bits per heavy atom. The summed E-state index contributed by atoms with van der Waals surface area (Å²) in [5.41, 5.74) is 2.12. The van der Waals surface area contributed by atoms with Crippen LogP contribution in [0, 0.1) is 18.3 Å². The van der Waals surface area contributed by atoms with Crippen molar-refractivity contribution in [2.45, 2.75) is 19.6 Å². The van der Waals surface area contributed by atoms with E-state index in [1.807, 2.05) is 31.2 Å². The highest BCUT2D eigenvalue weighted by atomic mass is 19.3. The van der Waals surface area contributed by atoms with Gasteiger partial charge in [0, 0.05) is 11.3 Å². The topological polar surface area (TPSA) is 45.0 Å². The van der Waals surface area contributed by atoms with Gasteiger partial charge in [-0.05, 0) is 24.6 Å². The maximum atomic E-state index is 12.4. The summed E-state index contributed by atoms with van der Waals surface area (Å²) in [7, 11) is 0. The molecular weight excluding hydrogens is 274 g/mol. The molecule has 0 aromatic heterocycles. The van der Waals surface area contributed by atoms with Crippen LogP contribution in [0.4, 0.5) is 14.5 Å². The van der Waals surface area contributed by atoms with E-state index in [1.54, 1.807) is 18.2 Å². The predicted octanol–water partition coefficient (Wildman–Crippen LogP) is 4.27. The summed E-state index contributed by atoms with van der Waals surface area (Å²) in [4.78, 5) is 0. The third-order valence-electron chi connectivity index (χ3n) is 3.02. The number of para-hydroxylation sites is 2. The average Bonchev–Trinajstić information content (AvgIpc) is 2.47. The molecule has 1 unspecified atom stereocenters. The number of nitrogens with zero attached hydrogens (tertiary/aromatic N) is 1. The van der Waals surface area contributed by atoms with Crippen molar-refractivity contribution in [3.8, 4) is 11.8 Å². The fraction of sp³-hybridized carbons (Fsp3) is 0.188. The number of halogens is 2. The first-order valence-corrected chi connectivity index (χ1v) is 6.37. The molecule has 108 valence electrons. The van der Waals surface area contributed by atoms with Crippen LogP contribution < -0.4 is 10.1 Å². The number of benzene rings is 2. The molecule has 0 bridgehead atoms. The third kappa shape index (κ3) is 3.69. The van der Waals surface area contributed by atoms with Crippen LogP contribution in [0.5, 0.6) is 5.75 Å². The fourth-order valence-corrected chi connectivity index (χ4v) is 1.99. The normalized spacial score (nSPS) is 11.8. The zero-order valence-corrected chi connectivity index (χ0v) is 11.4. The second-order valence-corrected chi connectivity index (χ2v) is 4.44. The number of nitriles is 1. The zero-order valence-electron chi connectivity index (χ0n) is 11.4. The van der Waals surface area contributed by atoms with Gasteiger partial charge in [0.2, 0.25) is 0 Å². The Bertz CT molecular complexity index is 653. The maximum Gasteiger partial charge on any atom is 0.387 e. The van der Waals surface area contributed by atoms with Gasteiger partial charge in [-0.3, -0.25) is 0 Å². The number of rotatable bonds is 5. The van der Waals surface area contributed by atoms with Crippen LogP contribution >= 0.6 is 0 Å². The van der Waals surface area contributed by atoms with E-state index in [2.05, 4.69) is 16.1 Å². The first-order chi connectivity index (χ1) is 10.1. The van der Waals surface area contributed by atoms with Crippen molar-refractivity contribution in [3.63, 3.8) is 0 Å². The predicted molar refractivity (Wildman–Crippen MR) is 76.2 cm³/mol. The van der Waals surface area contributed by atoms with Gasteiger partial charge in [-0.15, -0.1) is 0 Å². The van der Waals surface area contributed by atoms with E-state index in [0.29, 0.717) is 5.56 Å². The summed E-state index contributed by atoms with van der Waals surface area (Å²) in [6.07, 6.45) is 0. The maximum absolute atomic E-state index is 12.4. The van der Waals surface area contributed by atoms with Crippen molar-refractivity contribution in [1.29, 1.82) is 5.26 Å². The van der Waals surface area contributed by atoms with E-state index in [9.17, 15) is 14.0 Å². The highest BCUT2D eigenvalue weighted by molar-refractivity contribution is 5.54. The molecule has 2 aromatic rings. The van der Waals surface area contributed by atoms with Crippen molar-refractivity contribution in [1.82, 2.24) is 0 Å². The summed E-state index contributed by atoms with van der Waals surface area (Å²) in [5.74, 6) is 0.000124. The number of alkyl halides is 2. The Kier molecular flexibility index (Phi) is 4.72. The average molecular weight is 288 g/mol. The summed E-state index contributed by atoms with van der Waals surface area (Å²) in [5, 5.41) is 12.4. The molecule has 0 saturated heterocycles. The molecule has 0 spiro atoms. The second kappa shape index (κ2) is 6.71. The number of hydrogen-bond acceptors (Lipinski definition) is 3. The van der Waals surface area contributed by atoms with Gasteiger partial charge in [0.1, 0.15) is 11.8 Å². The number of ether oxygens (including phenoxy) is 1. The van der Waals surface area contributed by atoms with Crippen LogP contribution in [-0.2, 0) is 0 Å². The lowest BCUT2D eigenvalue weighted by Crippen LogP contribution is -2.12. The Labute approximate surface area is 121 Å². The van der Waals surface area contributed by atoms with E-state index < -0.39 is 12.7 Å². The van der Waals surface area contributed by atoms with Crippen LogP contribution in [0.25, 0.3) is 0 Å². The van der Waals surface area contributed by atoms with E-state index in [1.165, 1.54) is 6.07 Å². The summed E-state index contributed by atoms with van der Waals surface area (Å²) in [6, 6.07) is 15.0. The van der Waals surface area contributed by atoms with Crippen LogP contribution in [0.15, 0.2) is 48.5 Å². The minimum absolute atomic E-state index is 0.000124.